The van der Waals surface area contributed by atoms with E-state index in [0.717, 1.165) is 45.6 Å². The van der Waals surface area contributed by atoms with E-state index in [1.54, 1.807) is 0 Å². The largest absolute Gasteiger partial charge is 0.336 e. The minimum atomic E-state index is -0.565. The first-order chi connectivity index (χ1) is 12.0. The van der Waals surface area contributed by atoms with Crippen LogP contribution in [0.5, 0.6) is 0 Å². The van der Waals surface area contributed by atoms with Gasteiger partial charge in [0.15, 0.2) is 0 Å². The van der Waals surface area contributed by atoms with Crippen molar-refractivity contribution in [2.45, 2.75) is 64.2 Å². The Morgan fingerprint density at radius 1 is 1.00 bits per heavy atom. The van der Waals surface area contributed by atoms with Crippen LogP contribution in [0.3, 0.4) is 0 Å². The molecule has 3 heterocycles. The molecule has 4 rings (SSSR count). The fourth-order valence-electron chi connectivity index (χ4n) is 5.43. The van der Waals surface area contributed by atoms with Gasteiger partial charge >= 0.3 is 0 Å². The highest BCUT2D eigenvalue weighted by molar-refractivity contribution is 5.31. The Kier molecular flexibility index (Phi) is 4.46. The van der Waals surface area contributed by atoms with Gasteiger partial charge in [-0.2, -0.15) is 0 Å². The monoisotopic (exact) mass is 343 g/mol. The van der Waals surface area contributed by atoms with Gasteiger partial charge in [-0.3, -0.25) is 4.90 Å². The van der Waals surface area contributed by atoms with E-state index < -0.39 is 5.91 Å². The summed E-state index contributed by atoms with van der Waals surface area (Å²) in [5, 5.41) is 0. The molecule has 25 heavy (non-hydrogen) atoms. The van der Waals surface area contributed by atoms with Crippen molar-refractivity contribution in [3.8, 4) is 0 Å². The number of hydrogen-bond acceptors (Lipinski definition) is 3. The number of rotatable bonds is 1. The quantitative estimate of drug-likeness (QED) is 0.746. The molecule has 3 saturated heterocycles. The Bertz CT molecular complexity index is 588. The SMILES string of the molecule is CC(C)(C)[C@@H]1CCN2CCC[C@@](c3ccccc3)(C1)C21OCCCO1. The predicted octanol–water partition coefficient (Wildman–Crippen LogP) is 4.57. The summed E-state index contributed by atoms with van der Waals surface area (Å²) in [6.07, 6.45) is 5.76. The van der Waals surface area contributed by atoms with E-state index in [-0.39, 0.29) is 5.41 Å². The maximum Gasteiger partial charge on any atom is 0.240 e. The van der Waals surface area contributed by atoms with Gasteiger partial charge in [-0.1, -0.05) is 51.1 Å². The summed E-state index contributed by atoms with van der Waals surface area (Å²) >= 11 is 0. The van der Waals surface area contributed by atoms with Gasteiger partial charge in [0.25, 0.3) is 0 Å². The van der Waals surface area contributed by atoms with Crippen LogP contribution in [0, 0.1) is 11.3 Å². The fraction of sp³-hybridized carbons (Fsp3) is 0.727. The van der Waals surface area contributed by atoms with Gasteiger partial charge in [-0.25, -0.2) is 0 Å². The molecule has 0 amide bonds. The second-order valence-corrected chi connectivity index (χ2v) is 9.23. The van der Waals surface area contributed by atoms with E-state index >= 15 is 0 Å². The standard InChI is InChI=1S/C22H33NO2/c1-20(2,3)19-11-14-23-13-7-12-21(17-19,18-9-5-4-6-10-18)22(23)24-15-8-16-25-22/h4-6,9-10,19H,7-8,11-17H2,1-3H3/t19-,21+/m1/s1. The van der Waals surface area contributed by atoms with Gasteiger partial charge < -0.3 is 9.47 Å². The average molecular weight is 344 g/mol. The lowest BCUT2D eigenvalue weighted by molar-refractivity contribution is -0.382. The molecule has 0 aromatic heterocycles. The normalized spacial score (nSPS) is 35.3. The molecule has 1 unspecified atom stereocenters. The number of hydrogen-bond donors (Lipinski definition) is 0. The van der Waals surface area contributed by atoms with Crippen molar-refractivity contribution in [2.24, 2.45) is 11.3 Å². The van der Waals surface area contributed by atoms with Crippen LogP contribution in [0.25, 0.3) is 0 Å². The highest BCUT2D eigenvalue weighted by Crippen LogP contribution is 2.56. The van der Waals surface area contributed by atoms with Crippen molar-refractivity contribution in [3.05, 3.63) is 35.9 Å². The molecule has 3 nitrogen and oxygen atoms in total. The van der Waals surface area contributed by atoms with E-state index in [4.69, 9.17) is 9.47 Å². The lowest BCUT2D eigenvalue weighted by Crippen LogP contribution is -2.69. The summed E-state index contributed by atoms with van der Waals surface area (Å²) in [4.78, 5) is 2.54. The first kappa shape index (κ1) is 17.5. The topological polar surface area (TPSA) is 21.7 Å². The number of ether oxygens (including phenoxy) is 2. The number of piperidine rings is 1. The summed E-state index contributed by atoms with van der Waals surface area (Å²) in [6, 6.07) is 11.1. The van der Waals surface area contributed by atoms with Crippen LogP contribution in [0.15, 0.2) is 30.3 Å². The Labute approximate surface area is 152 Å². The lowest BCUT2D eigenvalue weighted by atomic mass is 9.62. The van der Waals surface area contributed by atoms with Crippen LogP contribution in [-0.2, 0) is 14.9 Å². The predicted molar refractivity (Wildman–Crippen MR) is 100 cm³/mol. The van der Waals surface area contributed by atoms with E-state index in [2.05, 4.69) is 56.0 Å². The third-order valence-electron chi connectivity index (χ3n) is 6.83. The third-order valence-corrected chi connectivity index (χ3v) is 6.83. The zero-order valence-electron chi connectivity index (χ0n) is 16.1. The molecule has 0 saturated carbocycles. The average Bonchev–Trinajstić information content (AvgIpc) is 2.68. The smallest absolute Gasteiger partial charge is 0.240 e. The number of nitrogens with zero attached hydrogens (tertiary/aromatic N) is 1. The maximum atomic E-state index is 6.58. The first-order valence-electron chi connectivity index (χ1n) is 10.1. The van der Waals surface area contributed by atoms with Crippen molar-refractivity contribution < 1.29 is 9.47 Å². The summed E-state index contributed by atoms with van der Waals surface area (Å²) in [7, 11) is 0. The van der Waals surface area contributed by atoms with Crippen molar-refractivity contribution in [1.82, 2.24) is 4.90 Å². The molecule has 0 N–H and O–H groups in total. The highest BCUT2D eigenvalue weighted by Gasteiger charge is 2.63. The zero-order valence-corrected chi connectivity index (χ0v) is 16.1. The van der Waals surface area contributed by atoms with Gasteiger partial charge in [-0.05, 0) is 49.0 Å². The minimum absolute atomic E-state index is 0.0681. The zero-order chi connectivity index (χ0) is 17.5. The Balaban J connectivity index is 1.87. The number of benzene rings is 1. The van der Waals surface area contributed by atoms with E-state index in [1.165, 1.54) is 18.4 Å². The van der Waals surface area contributed by atoms with E-state index in [9.17, 15) is 0 Å². The Morgan fingerprint density at radius 3 is 2.40 bits per heavy atom. The van der Waals surface area contributed by atoms with Crippen LogP contribution in [0.4, 0.5) is 0 Å². The summed E-state index contributed by atoms with van der Waals surface area (Å²) in [5.74, 6) is 0.104. The molecule has 138 valence electrons. The Morgan fingerprint density at radius 2 is 1.72 bits per heavy atom. The molecule has 1 spiro atoms. The van der Waals surface area contributed by atoms with Crippen molar-refractivity contribution in [1.29, 1.82) is 0 Å². The molecule has 1 aromatic carbocycles. The minimum Gasteiger partial charge on any atom is -0.336 e. The van der Waals surface area contributed by atoms with E-state index in [1.807, 2.05) is 0 Å². The van der Waals surface area contributed by atoms with Gasteiger partial charge in [0.05, 0.1) is 18.6 Å². The molecule has 1 aromatic rings. The molecule has 2 bridgehead atoms. The van der Waals surface area contributed by atoms with Crippen molar-refractivity contribution in [3.63, 3.8) is 0 Å². The third kappa shape index (κ3) is 2.75. The van der Waals surface area contributed by atoms with Crippen LogP contribution >= 0.6 is 0 Å². The van der Waals surface area contributed by atoms with Gasteiger partial charge in [-0.15, -0.1) is 0 Å². The second kappa shape index (κ2) is 6.37. The van der Waals surface area contributed by atoms with Crippen LogP contribution in [0.1, 0.15) is 58.4 Å². The molecule has 3 fully saturated rings. The lowest BCUT2D eigenvalue weighted by Gasteiger charge is -2.58. The molecule has 0 radical (unpaired) electrons. The molecule has 0 aliphatic carbocycles. The first-order valence-corrected chi connectivity index (χ1v) is 10.1. The van der Waals surface area contributed by atoms with Gasteiger partial charge in [0.2, 0.25) is 5.91 Å². The Hall–Kier alpha value is -0.900. The summed E-state index contributed by atoms with van der Waals surface area (Å²) in [6.45, 7) is 11.0. The highest BCUT2D eigenvalue weighted by atomic mass is 16.7. The van der Waals surface area contributed by atoms with E-state index in [0.29, 0.717) is 11.3 Å². The van der Waals surface area contributed by atoms with Gasteiger partial charge in [0.1, 0.15) is 0 Å². The maximum absolute atomic E-state index is 6.58. The molecule has 3 aliphatic heterocycles. The molecular formula is C22H33NO2. The fourth-order valence-corrected chi connectivity index (χ4v) is 5.43. The summed E-state index contributed by atoms with van der Waals surface area (Å²) in [5.41, 5.74) is 1.63. The van der Waals surface area contributed by atoms with Crippen LogP contribution in [-0.4, -0.2) is 37.1 Å². The van der Waals surface area contributed by atoms with Crippen LogP contribution in [0.2, 0.25) is 0 Å². The van der Waals surface area contributed by atoms with Crippen LogP contribution < -0.4 is 0 Å². The molecule has 3 aliphatic rings. The van der Waals surface area contributed by atoms with Crippen molar-refractivity contribution in [2.75, 3.05) is 26.3 Å². The summed E-state index contributed by atoms with van der Waals surface area (Å²) < 4.78 is 13.2. The molecule has 3 heteroatoms. The second-order valence-electron chi connectivity index (χ2n) is 9.23. The van der Waals surface area contributed by atoms with Crippen molar-refractivity contribution >= 4 is 0 Å². The molecular weight excluding hydrogens is 310 g/mol. The molecule has 3 atom stereocenters. The van der Waals surface area contributed by atoms with Gasteiger partial charge in [0, 0.05) is 13.1 Å².